The summed E-state index contributed by atoms with van der Waals surface area (Å²) in [6, 6.07) is 4.35. The first-order valence-electron chi connectivity index (χ1n) is 5.91. The Bertz CT molecular complexity index is 606. The highest BCUT2D eigenvalue weighted by molar-refractivity contribution is 5.97. The van der Waals surface area contributed by atoms with Crippen molar-refractivity contribution in [1.29, 1.82) is 0 Å². The molecule has 0 amide bonds. The normalized spacial score (nSPS) is 11.8. The van der Waals surface area contributed by atoms with Crippen LogP contribution in [-0.4, -0.2) is 20.6 Å². The van der Waals surface area contributed by atoms with Gasteiger partial charge in [-0.25, -0.2) is 9.37 Å². The van der Waals surface area contributed by atoms with Crippen molar-refractivity contribution in [2.45, 2.75) is 19.9 Å². The lowest BCUT2D eigenvalue weighted by Crippen LogP contribution is -2.14. The number of nitrogens with zero attached hydrogens (tertiary/aromatic N) is 3. The fourth-order valence-corrected chi connectivity index (χ4v) is 1.94. The van der Waals surface area contributed by atoms with Crippen LogP contribution in [0.1, 0.15) is 23.9 Å². The fraction of sp³-hybridized carbons (Fsp3) is 0.231. The molecule has 2 rings (SSSR count). The fourth-order valence-electron chi connectivity index (χ4n) is 1.94. The van der Waals surface area contributed by atoms with E-state index >= 15 is 0 Å². The average Bonchev–Trinajstić information content (AvgIpc) is 2.84. The van der Waals surface area contributed by atoms with E-state index in [1.54, 1.807) is 12.3 Å². The van der Waals surface area contributed by atoms with E-state index < -0.39 is 5.82 Å². The third-order valence-electron chi connectivity index (χ3n) is 2.83. The molecule has 1 heterocycles. The van der Waals surface area contributed by atoms with Gasteiger partial charge in [0.2, 0.25) is 0 Å². The van der Waals surface area contributed by atoms with Crippen LogP contribution in [0.2, 0.25) is 0 Å². The van der Waals surface area contributed by atoms with E-state index in [2.05, 4.69) is 10.1 Å². The highest BCUT2D eigenvalue weighted by Gasteiger charge is 2.07. The highest BCUT2D eigenvalue weighted by Crippen LogP contribution is 2.12. The highest BCUT2D eigenvalue weighted by atomic mass is 19.1. The molecule has 0 bridgehead atoms. The predicted octanol–water partition coefficient (Wildman–Crippen LogP) is 1.73. The second kappa shape index (κ2) is 5.51. The molecule has 1 aromatic heterocycles. The van der Waals surface area contributed by atoms with Crippen molar-refractivity contribution >= 4 is 5.84 Å². The zero-order chi connectivity index (χ0) is 13.8. The lowest BCUT2D eigenvalue weighted by molar-refractivity contribution is 0.318. The Balaban J connectivity index is 2.33. The Morgan fingerprint density at radius 1 is 1.47 bits per heavy atom. The van der Waals surface area contributed by atoms with Gasteiger partial charge in [0.15, 0.2) is 5.84 Å². The Morgan fingerprint density at radius 3 is 2.95 bits per heavy atom. The maximum absolute atomic E-state index is 13.5. The molecule has 0 fully saturated rings. The second-order valence-corrected chi connectivity index (χ2v) is 4.16. The van der Waals surface area contributed by atoms with Crippen LogP contribution in [0.4, 0.5) is 4.39 Å². The van der Waals surface area contributed by atoms with Crippen molar-refractivity contribution in [3.8, 4) is 0 Å². The number of hydrogen-bond donors (Lipinski definition) is 2. The minimum absolute atomic E-state index is 0.109. The van der Waals surface area contributed by atoms with Crippen LogP contribution >= 0.6 is 0 Å². The van der Waals surface area contributed by atoms with Crippen LogP contribution in [0.5, 0.6) is 0 Å². The van der Waals surface area contributed by atoms with Gasteiger partial charge in [-0.1, -0.05) is 12.1 Å². The molecule has 0 aliphatic carbocycles. The first-order chi connectivity index (χ1) is 9.13. The summed E-state index contributed by atoms with van der Waals surface area (Å²) in [5.74, 6) is 0.397. The molecule has 0 saturated carbocycles. The van der Waals surface area contributed by atoms with Crippen LogP contribution in [0.15, 0.2) is 35.7 Å². The molecule has 0 radical (unpaired) electrons. The van der Waals surface area contributed by atoms with E-state index in [1.807, 2.05) is 17.7 Å². The monoisotopic (exact) mass is 262 g/mol. The molecular weight excluding hydrogens is 247 g/mol. The van der Waals surface area contributed by atoms with E-state index in [-0.39, 0.29) is 5.84 Å². The summed E-state index contributed by atoms with van der Waals surface area (Å²) in [6.07, 6.45) is 4.35. The third kappa shape index (κ3) is 2.90. The van der Waals surface area contributed by atoms with Gasteiger partial charge in [-0.05, 0) is 23.8 Å². The van der Waals surface area contributed by atoms with Gasteiger partial charge in [-0.2, -0.15) is 0 Å². The molecule has 1 aromatic carbocycles. The summed E-state index contributed by atoms with van der Waals surface area (Å²) in [5, 5.41) is 11.5. The predicted molar refractivity (Wildman–Crippen MR) is 69.6 cm³/mol. The van der Waals surface area contributed by atoms with Gasteiger partial charge < -0.3 is 15.5 Å². The van der Waals surface area contributed by atoms with Crippen LogP contribution in [0.25, 0.3) is 0 Å². The number of imidazole rings is 1. The van der Waals surface area contributed by atoms with Crippen molar-refractivity contribution in [3.63, 3.8) is 0 Å². The number of aryl methyl sites for hydroxylation is 1. The molecular formula is C13H15FN4O. The molecule has 100 valence electrons. The Hall–Kier alpha value is -2.37. The molecule has 2 aromatic rings. The molecule has 0 atom stereocenters. The smallest absolute Gasteiger partial charge is 0.170 e. The average molecular weight is 262 g/mol. The summed E-state index contributed by atoms with van der Waals surface area (Å²) in [4.78, 5) is 4.21. The molecule has 0 spiro atoms. The number of aromatic nitrogens is 2. The summed E-state index contributed by atoms with van der Waals surface area (Å²) in [5.41, 5.74) is 6.56. The van der Waals surface area contributed by atoms with Crippen LogP contribution in [0, 0.1) is 5.82 Å². The molecule has 5 nitrogen and oxygen atoms in total. The number of rotatable bonds is 4. The number of oxime groups is 1. The van der Waals surface area contributed by atoms with Gasteiger partial charge in [0.1, 0.15) is 11.6 Å². The standard InChI is InChI=1S/C13H15FN4O/c1-2-12-16-3-4-18(12)8-9-5-10(13(15)17-19)7-11(14)6-9/h3-7,19H,2,8H2,1H3,(H2,15,17). The molecule has 6 heteroatoms. The lowest BCUT2D eigenvalue weighted by atomic mass is 10.1. The molecule has 0 aliphatic heterocycles. The number of nitrogens with two attached hydrogens (primary N) is 1. The van der Waals surface area contributed by atoms with E-state index in [1.165, 1.54) is 12.1 Å². The van der Waals surface area contributed by atoms with Crippen LogP contribution in [-0.2, 0) is 13.0 Å². The number of hydrogen-bond acceptors (Lipinski definition) is 3. The number of halogens is 1. The molecule has 19 heavy (non-hydrogen) atoms. The Morgan fingerprint density at radius 2 is 2.26 bits per heavy atom. The second-order valence-electron chi connectivity index (χ2n) is 4.16. The van der Waals surface area contributed by atoms with E-state index in [0.29, 0.717) is 12.1 Å². The van der Waals surface area contributed by atoms with Gasteiger partial charge >= 0.3 is 0 Å². The minimum atomic E-state index is -0.419. The molecule has 0 saturated heterocycles. The van der Waals surface area contributed by atoms with E-state index in [9.17, 15) is 4.39 Å². The summed E-state index contributed by atoms with van der Waals surface area (Å²) >= 11 is 0. The van der Waals surface area contributed by atoms with E-state index in [4.69, 9.17) is 10.9 Å². The van der Waals surface area contributed by atoms with E-state index in [0.717, 1.165) is 17.8 Å². The molecule has 3 N–H and O–H groups in total. The number of benzene rings is 1. The maximum Gasteiger partial charge on any atom is 0.170 e. The zero-order valence-electron chi connectivity index (χ0n) is 10.5. The van der Waals surface area contributed by atoms with Crippen molar-refractivity contribution in [3.05, 3.63) is 53.4 Å². The molecule has 0 aliphatic rings. The SMILES string of the molecule is CCc1nccn1Cc1cc(F)cc(/C(N)=N/O)c1. The van der Waals surface area contributed by atoms with Gasteiger partial charge in [0.05, 0.1) is 0 Å². The third-order valence-corrected chi connectivity index (χ3v) is 2.83. The van der Waals surface area contributed by atoms with Gasteiger partial charge in [0.25, 0.3) is 0 Å². The lowest BCUT2D eigenvalue weighted by Gasteiger charge is -2.08. The molecule has 0 unspecified atom stereocenters. The van der Waals surface area contributed by atoms with Gasteiger partial charge in [-0.15, -0.1) is 0 Å². The van der Waals surface area contributed by atoms with Crippen molar-refractivity contribution in [2.75, 3.05) is 0 Å². The topological polar surface area (TPSA) is 76.4 Å². The summed E-state index contributed by atoms with van der Waals surface area (Å²) in [6.45, 7) is 2.50. The first-order valence-corrected chi connectivity index (χ1v) is 5.91. The Kier molecular flexibility index (Phi) is 3.79. The van der Waals surface area contributed by atoms with Crippen LogP contribution in [0.3, 0.4) is 0 Å². The Labute approximate surface area is 110 Å². The maximum atomic E-state index is 13.5. The van der Waals surface area contributed by atoms with Crippen molar-refractivity contribution in [2.24, 2.45) is 10.9 Å². The number of amidine groups is 1. The first kappa shape index (κ1) is 13.1. The minimum Gasteiger partial charge on any atom is -0.409 e. The largest absolute Gasteiger partial charge is 0.409 e. The summed E-state index contributed by atoms with van der Waals surface area (Å²) in [7, 11) is 0. The van der Waals surface area contributed by atoms with Gasteiger partial charge in [0, 0.05) is 30.9 Å². The van der Waals surface area contributed by atoms with Crippen molar-refractivity contribution in [1.82, 2.24) is 9.55 Å². The zero-order valence-corrected chi connectivity index (χ0v) is 10.5. The van der Waals surface area contributed by atoms with Crippen LogP contribution < -0.4 is 5.73 Å². The van der Waals surface area contributed by atoms with Crippen molar-refractivity contribution < 1.29 is 9.60 Å². The van der Waals surface area contributed by atoms with Gasteiger partial charge in [-0.3, -0.25) is 0 Å². The summed E-state index contributed by atoms with van der Waals surface area (Å²) < 4.78 is 15.5. The quantitative estimate of drug-likeness (QED) is 0.381.